The molecule has 12 heteroatoms. The van der Waals surface area contributed by atoms with E-state index < -0.39 is 15.8 Å². The first-order valence-corrected chi connectivity index (χ1v) is 11.4. The van der Waals surface area contributed by atoms with Crippen LogP contribution in [0.2, 0.25) is 0 Å². The van der Waals surface area contributed by atoms with E-state index in [9.17, 15) is 25.0 Å². The maximum atomic E-state index is 12.3. The monoisotopic (exact) mass is 601 g/mol. The van der Waals surface area contributed by atoms with Crippen molar-refractivity contribution in [2.45, 2.75) is 6.61 Å². The van der Waals surface area contributed by atoms with Gasteiger partial charge in [0.2, 0.25) is 5.90 Å². The van der Waals surface area contributed by atoms with Crippen LogP contribution in [0, 0.1) is 20.2 Å². The molecule has 1 aliphatic rings. The van der Waals surface area contributed by atoms with Crippen LogP contribution in [0.25, 0.3) is 6.08 Å². The van der Waals surface area contributed by atoms with Gasteiger partial charge in [-0.3, -0.25) is 20.2 Å². The molecular formula is C23H13Br2N3O7. The number of aliphatic imine (C=N–C) groups is 1. The molecule has 0 unspecified atom stereocenters. The molecule has 0 saturated heterocycles. The second kappa shape index (κ2) is 10.2. The highest BCUT2D eigenvalue weighted by Gasteiger charge is 2.25. The fraction of sp³-hybridized carbons (Fsp3) is 0.0435. The van der Waals surface area contributed by atoms with Gasteiger partial charge in [0.25, 0.3) is 11.4 Å². The van der Waals surface area contributed by atoms with E-state index in [1.165, 1.54) is 42.5 Å². The van der Waals surface area contributed by atoms with Crippen LogP contribution in [0.3, 0.4) is 0 Å². The Bertz CT molecular complexity index is 1400. The van der Waals surface area contributed by atoms with E-state index >= 15 is 0 Å². The fourth-order valence-corrected chi connectivity index (χ4v) is 4.58. The first-order valence-electron chi connectivity index (χ1n) is 9.84. The predicted octanol–water partition coefficient (Wildman–Crippen LogP) is 5.95. The molecule has 1 heterocycles. The third-order valence-electron chi connectivity index (χ3n) is 4.77. The molecule has 3 aromatic carbocycles. The Kier molecular flexibility index (Phi) is 7.03. The predicted molar refractivity (Wildman–Crippen MR) is 133 cm³/mol. The van der Waals surface area contributed by atoms with E-state index in [0.29, 0.717) is 31.4 Å². The molecule has 0 amide bonds. The molecule has 35 heavy (non-hydrogen) atoms. The largest absolute Gasteiger partial charge is 0.487 e. The molecule has 176 valence electrons. The summed E-state index contributed by atoms with van der Waals surface area (Å²) in [5.41, 5.74) is 1.63. The fourth-order valence-electron chi connectivity index (χ4n) is 3.13. The minimum atomic E-state index is -0.656. The van der Waals surface area contributed by atoms with Crippen molar-refractivity contribution < 1.29 is 24.1 Å². The summed E-state index contributed by atoms with van der Waals surface area (Å²) in [6, 6.07) is 15.1. The average molecular weight is 603 g/mol. The Morgan fingerprint density at radius 3 is 2.23 bits per heavy atom. The van der Waals surface area contributed by atoms with Crippen LogP contribution in [0.15, 0.2) is 80.3 Å². The molecule has 0 fully saturated rings. The molecule has 0 atom stereocenters. The van der Waals surface area contributed by atoms with Gasteiger partial charge in [-0.25, -0.2) is 9.79 Å². The van der Waals surface area contributed by atoms with Crippen LogP contribution >= 0.6 is 31.9 Å². The van der Waals surface area contributed by atoms with Crippen LogP contribution in [-0.4, -0.2) is 21.7 Å². The van der Waals surface area contributed by atoms with Crippen LogP contribution < -0.4 is 4.74 Å². The number of carbonyl (C=O) groups excluding carboxylic acids is 1. The number of nitrogens with zero attached hydrogens (tertiary/aromatic N) is 3. The van der Waals surface area contributed by atoms with E-state index in [0.717, 1.165) is 0 Å². The topological polar surface area (TPSA) is 134 Å². The third-order valence-corrected chi connectivity index (χ3v) is 5.95. The minimum Gasteiger partial charge on any atom is -0.487 e. The van der Waals surface area contributed by atoms with Crippen molar-refractivity contribution in [3.05, 3.63) is 112 Å². The Balaban J connectivity index is 1.53. The van der Waals surface area contributed by atoms with Gasteiger partial charge in [0.05, 0.1) is 18.8 Å². The maximum Gasteiger partial charge on any atom is 0.363 e. The summed E-state index contributed by atoms with van der Waals surface area (Å²) in [6.45, 7) is 0.106. The maximum absolute atomic E-state index is 12.3. The van der Waals surface area contributed by atoms with E-state index in [1.54, 1.807) is 24.3 Å². The lowest BCUT2D eigenvalue weighted by Crippen LogP contribution is -2.05. The molecule has 1 aliphatic heterocycles. The van der Waals surface area contributed by atoms with Crippen LogP contribution in [0.5, 0.6) is 5.75 Å². The number of benzene rings is 3. The van der Waals surface area contributed by atoms with Crippen LogP contribution in [0.4, 0.5) is 11.4 Å². The number of carbonyl (C=O) groups is 1. The van der Waals surface area contributed by atoms with Gasteiger partial charge in [-0.05, 0) is 73.3 Å². The summed E-state index contributed by atoms with van der Waals surface area (Å²) in [6.07, 6.45) is 1.53. The number of halogens is 2. The summed E-state index contributed by atoms with van der Waals surface area (Å²) in [5.74, 6) is -0.134. The minimum absolute atomic E-state index is 0.0247. The number of nitro benzene ring substituents is 2. The molecule has 0 radical (unpaired) electrons. The summed E-state index contributed by atoms with van der Waals surface area (Å²) >= 11 is 6.88. The Morgan fingerprint density at radius 1 is 0.943 bits per heavy atom. The molecule has 0 spiro atoms. The number of cyclic esters (lactones) is 1. The summed E-state index contributed by atoms with van der Waals surface area (Å²) in [5, 5.41) is 21.8. The zero-order valence-electron chi connectivity index (χ0n) is 17.5. The molecule has 0 aromatic heterocycles. The molecular weight excluding hydrogens is 590 g/mol. The number of rotatable bonds is 7. The van der Waals surface area contributed by atoms with Crippen molar-refractivity contribution in [2.24, 2.45) is 4.99 Å². The Labute approximate surface area is 214 Å². The Hall–Kier alpha value is -3.90. The molecule has 0 aliphatic carbocycles. The average Bonchev–Trinajstić information content (AvgIpc) is 3.18. The summed E-state index contributed by atoms with van der Waals surface area (Å²) < 4.78 is 12.2. The molecule has 0 bridgehead atoms. The standard InChI is InChI=1S/C23H13Br2N3O7/c24-18-9-14(10-19(25)21(18)34-12-13-2-1-3-17(8-13)28(32)33)11-20-23(29)35-22(26-20)15-4-6-16(7-5-15)27(30)31/h1-11H,12H2/b20-11-. The van der Waals surface area contributed by atoms with E-state index in [-0.39, 0.29) is 29.6 Å². The van der Waals surface area contributed by atoms with Gasteiger partial charge in [-0.15, -0.1) is 0 Å². The lowest BCUT2D eigenvalue weighted by atomic mass is 10.2. The lowest BCUT2D eigenvalue weighted by Gasteiger charge is -2.11. The van der Waals surface area contributed by atoms with Crippen molar-refractivity contribution in [3.63, 3.8) is 0 Å². The van der Waals surface area contributed by atoms with Crippen LogP contribution in [0.1, 0.15) is 16.7 Å². The first-order chi connectivity index (χ1) is 16.7. The number of hydrogen-bond acceptors (Lipinski definition) is 8. The number of non-ortho nitro benzene ring substituents is 2. The lowest BCUT2D eigenvalue weighted by molar-refractivity contribution is -0.385. The number of hydrogen-bond donors (Lipinski definition) is 0. The quantitative estimate of drug-likeness (QED) is 0.141. The highest BCUT2D eigenvalue weighted by atomic mass is 79.9. The normalized spacial score (nSPS) is 13.9. The van der Waals surface area contributed by atoms with Gasteiger partial charge >= 0.3 is 5.97 Å². The van der Waals surface area contributed by atoms with Crippen molar-refractivity contribution in [1.82, 2.24) is 0 Å². The highest BCUT2D eigenvalue weighted by molar-refractivity contribution is 9.11. The third kappa shape index (κ3) is 5.61. The smallest absolute Gasteiger partial charge is 0.363 e. The van der Waals surface area contributed by atoms with Crippen molar-refractivity contribution in [3.8, 4) is 5.75 Å². The molecule has 10 nitrogen and oxygen atoms in total. The van der Waals surface area contributed by atoms with Gasteiger partial charge in [0.15, 0.2) is 5.70 Å². The van der Waals surface area contributed by atoms with Gasteiger partial charge in [0.1, 0.15) is 12.4 Å². The van der Waals surface area contributed by atoms with Gasteiger partial charge in [0, 0.05) is 29.8 Å². The van der Waals surface area contributed by atoms with Crippen molar-refractivity contribution >= 4 is 61.2 Å². The molecule has 0 N–H and O–H groups in total. The zero-order chi connectivity index (χ0) is 25.1. The Morgan fingerprint density at radius 2 is 1.60 bits per heavy atom. The number of nitro groups is 2. The van der Waals surface area contributed by atoms with Crippen LogP contribution in [-0.2, 0) is 16.1 Å². The van der Waals surface area contributed by atoms with E-state index in [1.807, 2.05) is 0 Å². The summed E-state index contributed by atoms with van der Waals surface area (Å²) in [7, 11) is 0. The first kappa shape index (κ1) is 24.2. The SMILES string of the molecule is O=C1OC(c2ccc([N+](=O)[O-])cc2)=N/C1=C\c1cc(Br)c(OCc2cccc([N+](=O)[O-])c2)c(Br)c1. The second-order valence-electron chi connectivity index (χ2n) is 7.17. The highest BCUT2D eigenvalue weighted by Crippen LogP contribution is 2.36. The van der Waals surface area contributed by atoms with Gasteiger partial charge < -0.3 is 9.47 Å². The summed E-state index contributed by atoms with van der Waals surface area (Å²) in [4.78, 5) is 37.3. The van der Waals surface area contributed by atoms with E-state index in [2.05, 4.69) is 36.9 Å². The number of esters is 1. The van der Waals surface area contributed by atoms with Gasteiger partial charge in [-0.2, -0.15) is 0 Å². The van der Waals surface area contributed by atoms with Gasteiger partial charge in [-0.1, -0.05) is 12.1 Å². The second-order valence-corrected chi connectivity index (χ2v) is 8.88. The van der Waals surface area contributed by atoms with Crippen molar-refractivity contribution in [1.29, 1.82) is 0 Å². The van der Waals surface area contributed by atoms with E-state index in [4.69, 9.17) is 9.47 Å². The zero-order valence-corrected chi connectivity index (χ0v) is 20.7. The molecule has 4 rings (SSSR count). The molecule has 3 aromatic rings. The van der Waals surface area contributed by atoms with Crippen molar-refractivity contribution in [2.75, 3.05) is 0 Å². The molecule has 0 saturated carbocycles. The number of ether oxygens (including phenoxy) is 2.